The molecule has 21 heavy (non-hydrogen) atoms. The van der Waals surface area contributed by atoms with Crippen molar-refractivity contribution in [3.63, 3.8) is 0 Å². The molecule has 1 aliphatic heterocycles. The van der Waals surface area contributed by atoms with Crippen molar-refractivity contribution in [2.75, 3.05) is 26.2 Å². The molecule has 4 nitrogen and oxygen atoms in total. The standard InChI is InChI=1S/C17H23N3O/c1-14(15-7-5-4-6-8-15)16(21)19-9-11-20(12-10-19)17(2,3)13-18/h4-8,14H,9-12H2,1-3H3. The van der Waals surface area contributed by atoms with Gasteiger partial charge in [0.2, 0.25) is 5.91 Å². The van der Waals surface area contributed by atoms with Gasteiger partial charge in [0.25, 0.3) is 0 Å². The summed E-state index contributed by atoms with van der Waals surface area (Å²) in [6, 6.07) is 12.2. The molecule has 1 heterocycles. The van der Waals surface area contributed by atoms with E-state index in [1.54, 1.807) is 0 Å². The molecule has 1 atom stereocenters. The van der Waals surface area contributed by atoms with E-state index in [4.69, 9.17) is 0 Å². The largest absolute Gasteiger partial charge is 0.340 e. The summed E-state index contributed by atoms with van der Waals surface area (Å²) >= 11 is 0. The monoisotopic (exact) mass is 285 g/mol. The molecule has 0 N–H and O–H groups in total. The van der Waals surface area contributed by atoms with Crippen molar-refractivity contribution < 1.29 is 4.79 Å². The van der Waals surface area contributed by atoms with E-state index in [1.165, 1.54) is 0 Å². The van der Waals surface area contributed by atoms with Gasteiger partial charge in [0.15, 0.2) is 0 Å². The average molecular weight is 285 g/mol. The molecular formula is C17H23N3O. The minimum Gasteiger partial charge on any atom is -0.340 e. The summed E-state index contributed by atoms with van der Waals surface area (Å²) in [5.74, 6) is 0.0670. The second-order valence-corrected chi connectivity index (χ2v) is 6.12. The number of carbonyl (C=O) groups excluding carboxylic acids is 1. The zero-order chi connectivity index (χ0) is 15.5. The molecule has 0 bridgehead atoms. The molecule has 1 fully saturated rings. The molecular weight excluding hydrogens is 262 g/mol. The minimum absolute atomic E-state index is 0.110. The molecule has 1 amide bonds. The first-order chi connectivity index (χ1) is 9.95. The molecule has 0 radical (unpaired) electrons. The molecule has 0 spiro atoms. The lowest BCUT2D eigenvalue weighted by molar-refractivity contribution is -0.134. The van der Waals surface area contributed by atoms with E-state index in [-0.39, 0.29) is 11.8 Å². The average Bonchev–Trinajstić information content (AvgIpc) is 2.54. The first kappa shape index (κ1) is 15.5. The summed E-state index contributed by atoms with van der Waals surface area (Å²) < 4.78 is 0. The summed E-state index contributed by atoms with van der Waals surface area (Å²) in [5.41, 5.74) is 0.600. The van der Waals surface area contributed by atoms with E-state index >= 15 is 0 Å². The van der Waals surface area contributed by atoms with Crippen LogP contribution in [0.2, 0.25) is 0 Å². The number of hydrogen-bond acceptors (Lipinski definition) is 3. The maximum Gasteiger partial charge on any atom is 0.229 e. The lowest BCUT2D eigenvalue weighted by Gasteiger charge is -2.41. The quantitative estimate of drug-likeness (QED) is 0.855. The number of amides is 1. The van der Waals surface area contributed by atoms with E-state index in [2.05, 4.69) is 11.0 Å². The van der Waals surface area contributed by atoms with Gasteiger partial charge < -0.3 is 4.90 Å². The molecule has 1 saturated heterocycles. The van der Waals surface area contributed by atoms with Gasteiger partial charge in [-0.15, -0.1) is 0 Å². The van der Waals surface area contributed by atoms with Crippen LogP contribution in [0, 0.1) is 11.3 Å². The number of hydrogen-bond donors (Lipinski definition) is 0. The van der Waals surface area contributed by atoms with E-state index in [9.17, 15) is 10.1 Å². The second-order valence-electron chi connectivity index (χ2n) is 6.12. The highest BCUT2D eigenvalue weighted by Gasteiger charge is 2.32. The number of piperazine rings is 1. The van der Waals surface area contributed by atoms with Crippen LogP contribution in [-0.2, 0) is 4.79 Å². The van der Waals surface area contributed by atoms with Crippen molar-refractivity contribution in [1.82, 2.24) is 9.80 Å². The Morgan fingerprint density at radius 3 is 2.29 bits per heavy atom. The van der Waals surface area contributed by atoms with Crippen LogP contribution < -0.4 is 0 Å². The predicted octanol–water partition coefficient (Wildman–Crippen LogP) is 2.24. The van der Waals surface area contributed by atoms with Crippen LogP contribution in [0.25, 0.3) is 0 Å². The third kappa shape index (κ3) is 3.43. The van der Waals surface area contributed by atoms with Crippen LogP contribution in [0.3, 0.4) is 0 Å². The fourth-order valence-corrected chi connectivity index (χ4v) is 2.71. The zero-order valence-corrected chi connectivity index (χ0v) is 13.0. The van der Waals surface area contributed by atoms with Crippen LogP contribution in [0.5, 0.6) is 0 Å². The zero-order valence-electron chi connectivity index (χ0n) is 13.0. The topological polar surface area (TPSA) is 47.3 Å². The molecule has 2 rings (SSSR count). The van der Waals surface area contributed by atoms with Crippen molar-refractivity contribution >= 4 is 5.91 Å². The highest BCUT2D eigenvalue weighted by atomic mass is 16.2. The van der Waals surface area contributed by atoms with Crippen LogP contribution in [0.15, 0.2) is 30.3 Å². The van der Waals surface area contributed by atoms with E-state index in [1.807, 2.05) is 56.0 Å². The summed E-state index contributed by atoms with van der Waals surface area (Å²) in [6.07, 6.45) is 0. The number of nitrogens with zero attached hydrogens (tertiary/aromatic N) is 3. The third-order valence-corrected chi connectivity index (χ3v) is 4.33. The predicted molar refractivity (Wildman–Crippen MR) is 82.7 cm³/mol. The molecule has 1 aromatic rings. The van der Waals surface area contributed by atoms with Gasteiger partial charge in [-0.25, -0.2) is 0 Å². The highest BCUT2D eigenvalue weighted by molar-refractivity contribution is 5.83. The van der Waals surface area contributed by atoms with Crippen molar-refractivity contribution in [3.05, 3.63) is 35.9 Å². The van der Waals surface area contributed by atoms with Crippen LogP contribution >= 0.6 is 0 Å². The molecule has 4 heteroatoms. The maximum absolute atomic E-state index is 12.6. The fraction of sp³-hybridized carbons (Fsp3) is 0.529. The van der Waals surface area contributed by atoms with Gasteiger partial charge in [-0.1, -0.05) is 30.3 Å². The van der Waals surface area contributed by atoms with Gasteiger partial charge in [0.1, 0.15) is 5.54 Å². The van der Waals surface area contributed by atoms with E-state index < -0.39 is 5.54 Å². The molecule has 1 unspecified atom stereocenters. The Morgan fingerprint density at radius 1 is 1.19 bits per heavy atom. The lowest BCUT2D eigenvalue weighted by Crippen LogP contribution is -2.55. The highest BCUT2D eigenvalue weighted by Crippen LogP contribution is 2.21. The van der Waals surface area contributed by atoms with Gasteiger partial charge in [0.05, 0.1) is 12.0 Å². The Kier molecular flexibility index (Phi) is 4.64. The summed E-state index contributed by atoms with van der Waals surface area (Å²) in [5, 5.41) is 9.19. The van der Waals surface area contributed by atoms with Crippen molar-refractivity contribution in [2.24, 2.45) is 0 Å². The number of nitriles is 1. The van der Waals surface area contributed by atoms with Gasteiger partial charge in [-0.05, 0) is 26.3 Å². The Hall–Kier alpha value is -1.86. The lowest BCUT2D eigenvalue weighted by atomic mass is 9.99. The molecule has 0 saturated carbocycles. The minimum atomic E-state index is -0.458. The van der Waals surface area contributed by atoms with Crippen LogP contribution in [0.1, 0.15) is 32.3 Å². The maximum atomic E-state index is 12.6. The Bertz CT molecular complexity index is 525. The van der Waals surface area contributed by atoms with Gasteiger partial charge in [-0.3, -0.25) is 9.69 Å². The Morgan fingerprint density at radius 2 is 1.76 bits per heavy atom. The molecule has 1 aromatic carbocycles. The van der Waals surface area contributed by atoms with E-state index in [0.29, 0.717) is 13.1 Å². The summed E-state index contributed by atoms with van der Waals surface area (Å²) in [6.45, 7) is 8.72. The van der Waals surface area contributed by atoms with Crippen molar-refractivity contribution in [1.29, 1.82) is 5.26 Å². The second kappa shape index (κ2) is 6.28. The molecule has 1 aliphatic rings. The van der Waals surface area contributed by atoms with E-state index in [0.717, 1.165) is 18.7 Å². The normalized spacial score (nSPS) is 18.1. The Labute approximate surface area is 127 Å². The Balaban J connectivity index is 1.97. The van der Waals surface area contributed by atoms with Gasteiger partial charge in [-0.2, -0.15) is 5.26 Å². The SMILES string of the molecule is CC(C(=O)N1CCN(C(C)(C)C#N)CC1)c1ccccc1. The molecule has 0 aliphatic carbocycles. The fourth-order valence-electron chi connectivity index (χ4n) is 2.71. The van der Waals surface area contributed by atoms with Crippen molar-refractivity contribution in [3.8, 4) is 6.07 Å². The van der Waals surface area contributed by atoms with Gasteiger partial charge in [0, 0.05) is 26.2 Å². The number of benzene rings is 1. The first-order valence-electron chi connectivity index (χ1n) is 7.46. The summed E-state index contributed by atoms with van der Waals surface area (Å²) in [4.78, 5) is 16.6. The molecule has 0 aromatic heterocycles. The van der Waals surface area contributed by atoms with Crippen LogP contribution in [0.4, 0.5) is 0 Å². The summed E-state index contributed by atoms with van der Waals surface area (Å²) in [7, 11) is 0. The van der Waals surface area contributed by atoms with Crippen molar-refractivity contribution in [2.45, 2.75) is 32.2 Å². The smallest absolute Gasteiger partial charge is 0.229 e. The van der Waals surface area contributed by atoms with Crippen LogP contribution in [-0.4, -0.2) is 47.4 Å². The third-order valence-electron chi connectivity index (χ3n) is 4.33. The molecule has 112 valence electrons. The van der Waals surface area contributed by atoms with Gasteiger partial charge >= 0.3 is 0 Å². The number of carbonyl (C=O) groups is 1. The number of rotatable bonds is 3. The first-order valence-corrected chi connectivity index (χ1v) is 7.46.